The van der Waals surface area contributed by atoms with Crippen molar-refractivity contribution in [3.05, 3.63) is 89.4 Å². The molecular weight excluding hydrogens is 378 g/mol. The van der Waals surface area contributed by atoms with Crippen LogP contribution in [0.15, 0.2) is 71.3 Å². The van der Waals surface area contributed by atoms with Gasteiger partial charge in [-0.15, -0.1) is 0 Å². The van der Waals surface area contributed by atoms with Crippen LogP contribution in [0.5, 0.6) is 0 Å². The normalized spacial score (nSPS) is 14.6. The third-order valence-electron chi connectivity index (χ3n) is 5.44. The smallest absolute Gasteiger partial charge is 0.313 e. The molecule has 1 aromatic heterocycles. The summed E-state index contributed by atoms with van der Waals surface area (Å²) in [5.74, 6) is -0.570. The number of carbonyl (C=O) groups excluding carboxylic acids is 2. The van der Waals surface area contributed by atoms with Gasteiger partial charge in [-0.3, -0.25) is 14.5 Å². The number of anilines is 1. The van der Waals surface area contributed by atoms with E-state index in [9.17, 15) is 9.59 Å². The van der Waals surface area contributed by atoms with E-state index in [1.807, 2.05) is 37.3 Å². The number of carbonyl (C=O) groups is 2. The zero-order valence-electron chi connectivity index (χ0n) is 16.9. The molecule has 0 saturated carbocycles. The maximum Gasteiger partial charge on any atom is 0.313 e. The molecule has 2 N–H and O–H groups in total. The minimum atomic E-state index is -0.680. The third-order valence-corrected chi connectivity index (χ3v) is 5.44. The molecule has 6 nitrogen and oxygen atoms in total. The SMILES string of the molecule is Cc1ccc(NC(=O)C(=O)NC[C@@H](c2ccco2)N2CCc3ccccc3C2)cc1. The molecule has 2 aromatic carbocycles. The van der Waals surface area contributed by atoms with Gasteiger partial charge in [0.05, 0.1) is 12.3 Å². The minimum absolute atomic E-state index is 0.149. The highest BCUT2D eigenvalue weighted by atomic mass is 16.3. The fraction of sp³-hybridized carbons (Fsp3) is 0.250. The van der Waals surface area contributed by atoms with Crippen molar-refractivity contribution in [2.75, 3.05) is 18.4 Å². The summed E-state index contributed by atoms with van der Waals surface area (Å²) in [4.78, 5) is 27.0. The Hall–Kier alpha value is -3.38. The molecule has 0 radical (unpaired) electrons. The Morgan fingerprint density at radius 3 is 2.50 bits per heavy atom. The zero-order chi connectivity index (χ0) is 20.9. The number of aryl methyl sites for hydroxylation is 1. The van der Waals surface area contributed by atoms with Crippen molar-refractivity contribution in [3.8, 4) is 0 Å². The molecule has 154 valence electrons. The Balaban J connectivity index is 1.41. The largest absolute Gasteiger partial charge is 0.468 e. The highest BCUT2D eigenvalue weighted by Gasteiger charge is 2.27. The van der Waals surface area contributed by atoms with Crippen molar-refractivity contribution in [1.82, 2.24) is 10.2 Å². The number of nitrogens with zero attached hydrogens (tertiary/aromatic N) is 1. The van der Waals surface area contributed by atoms with E-state index < -0.39 is 11.8 Å². The van der Waals surface area contributed by atoms with Crippen LogP contribution in [0.3, 0.4) is 0 Å². The monoisotopic (exact) mass is 403 g/mol. The van der Waals surface area contributed by atoms with Crippen LogP contribution < -0.4 is 10.6 Å². The Labute approximate surface area is 175 Å². The van der Waals surface area contributed by atoms with E-state index >= 15 is 0 Å². The van der Waals surface area contributed by atoms with Crippen LogP contribution >= 0.6 is 0 Å². The average Bonchev–Trinajstić information content (AvgIpc) is 3.30. The second kappa shape index (κ2) is 8.97. The van der Waals surface area contributed by atoms with E-state index in [2.05, 4.69) is 33.7 Å². The van der Waals surface area contributed by atoms with E-state index in [0.29, 0.717) is 5.69 Å². The lowest BCUT2D eigenvalue weighted by Crippen LogP contribution is -2.43. The predicted octanol–water partition coefficient (Wildman–Crippen LogP) is 3.44. The molecular formula is C24H25N3O3. The van der Waals surface area contributed by atoms with Crippen molar-refractivity contribution in [2.45, 2.75) is 25.9 Å². The lowest BCUT2D eigenvalue weighted by atomic mass is 9.98. The van der Waals surface area contributed by atoms with Crippen LogP contribution in [0.1, 0.15) is 28.5 Å². The van der Waals surface area contributed by atoms with Crippen molar-refractivity contribution in [2.24, 2.45) is 0 Å². The number of amides is 2. The van der Waals surface area contributed by atoms with E-state index in [1.165, 1.54) is 11.1 Å². The Bertz CT molecular complexity index is 1010. The zero-order valence-corrected chi connectivity index (χ0v) is 16.9. The Morgan fingerprint density at radius 1 is 1.00 bits per heavy atom. The molecule has 30 heavy (non-hydrogen) atoms. The average molecular weight is 403 g/mol. The van der Waals surface area contributed by atoms with E-state index in [0.717, 1.165) is 30.8 Å². The second-order valence-electron chi connectivity index (χ2n) is 7.55. The summed E-state index contributed by atoms with van der Waals surface area (Å²) >= 11 is 0. The summed E-state index contributed by atoms with van der Waals surface area (Å²) < 4.78 is 5.64. The molecule has 1 atom stereocenters. The summed E-state index contributed by atoms with van der Waals surface area (Å²) in [5, 5.41) is 5.40. The van der Waals surface area contributed by atoms with Gasteiger partial charge in [0.15, 0.2) is 0 Å². The minimum Gasteiger partial charge on any atom is -0.468 e. The Kier molecular flexibility index (Phi) is 5.95. The van der Waals surface area contributed by atoms with Crippen molar-refractivity contribution >= 4 is 17.5 Å². The van der Waals surface area contributed by atoms with Crippen LogP contribution in [0, 0.1) is 6.92 Å². The number of hydrogen-bond acceptors (Lipinski definition) is 4. The summed E-state index contributed by atoms with van der Waals surface area (Å²) in [7, 11) is 0. The van der Waals surface area contributed by atoms with E-state index in [4.69, 9.17) is 4.42 Å². The van der Waals surface area contributed by atoms with Gasteiger partial charge in [0.25, 0.3) is 0 Å². The second-order valence-corrected chi connectivity index (χ2v) is 7.55. The molecule has 0 aliphatic carbocycles. The predicted molar refractivity (Wildman–Crippen MR) is 115 cm³/mol. The summed E-state index contributed by atoms with van der Waals surface area (Å²) in [6, 6.07) is 19.3. The van der Waals surface area contributed by atoms with Crippen LogP contribution in [0.4, 0.5) is 5.69 Å². The molecule has 0 unspecified atom stereocenters. The molecule has 2 heterocycles. The molecule has 0 bridgehead atoms. The molecule has 0 saturated heterocycles. The first-order chi connectivity index (χ1) is 14.6. The third kappa shape index (κ3) is 4.60. The van der Waals surface area contributed by atoms with Gasteiger partial charge in [0.2, 0.25) is 0 Å². The van der Waals surface area contributed by atoms with Crippen LogP contribution in [-0.2, 0) is 22.6 Å². The lowest BCUT2D eigenvalue weighted by Gasteiger charge is -2.34. The summed E-state index contributed by atoms with van der Waals surface area (Å²) in [5.41, 5.74) is 4.31. The van der Waals surface area contributed by atoms with Crippen LogP contribution in [0.25, 0.3) is 0 Å². The number of rotatable bonds is 5. The maximum absolute atomic E-state index is 12.4. The fourth-order valence-electron chi connectivity index (χ4n) is 3.77. The van der Waals surface area contributed by atoms with E-state index in [1.54, 1.807) is 18.4 Å². The van der Waals surface area contributed by atoms with Gasteiger partial charge < -0.3 is 15.1 Å². The first-order valence-corrected chi connectivity index (χ1v) is 10.1. The van der Waals surface area contributed by atoms with Crippen molar-refractivity contribution in [1.29, 1.82) is 0 Å². The highest BCUT2D eigenvalue weighted by Crippen LogP contribution is 2.27. The van der Waals surface area contributed by atoms with Crippen LogP contribution in [0.2, 0.25) is 0 Å². The topological polar surface area (TPSA) is 74.6 Å². The number of nitrogens with one attached hydrogen (secondary N) is 2. The Morgan fingerprint density at radius 2 is 1.77 bits per heavy atom. The van der Waals surface area contributed by atoms with Gasteiger partial charge in [-0.1, -0.05) is 42.0 Å². The maximum atomic E-state index is 12.4. The molecule has 0 fully saturated rings. The molecule has 2 amide bonds. The van der Waals surface area contributed by atoms with Gasteiger partial charge in [-0.05, 0) is 48.7 Å². The molecule has 6 heteroatoms. The molecule has 4 rings (SSSR count). The van der Waals surface area contributed by atoms with Crippen molar-refractivity contribution < 1.29 is 14.0 Å². The first-order valence-electron chi connectivity index (χ1n) is 10.1. The number of fused-ring (bicyclic) bond motifs is 1. The van der Waals surface area contributed by atoms with Gasteiger partial charge in [-0.25, -0.2) is 0 Å². The molecule has 1 aliphatic heterocycles. The number of benzene rings is 2. The van der Waals surface area contributed by atoms with Gasteiger partial charge in [0, 0.05) is 25.3 Å². The number of furan rings is 1. The molecule has 3 aromatic rings. The molecule has 1 aliphatic rings. The lowest BCUT2D eigenvalue weighted by molar-refractivity contribution is -0.136. The highest BCUT2D eigenvalue weighted by molar-refractivity contribution is 6.39. The molecule has 0 spiro atoms. The quantitative estimate of drug-likeness (QED) is 0.640. The van der Waals surface area contributed by atoms with E-state index in [-0.39, 0.29) is 12.6 Å². The summed E-state index contributed by atoms with van der Waals surface area (Å²) in [6.45, 7) is 3.88. The van der Waals surface area contributed by atoms with Crippen molar-refractivity contribution in [3.63, 3.8) is 0 Å². The first kappa shape index (κ1) is 19.9. The standard InChI is InChI=1S/C24H25N3O3/c1-17-8-10-20(11-9-17)26-24(29)23(28)25-15-21(22-7-4-14-30-22)27-13-12-18-5-2-3-6-19(18)16-27/h2-11,14,21H,12-13,15-16H2,1H3,(H,25,28)(H,26,29)/t21-/m0/s1. The fourth-order valence-corrected chi connectivity index (χ4v) is 3.77. The van der Waals surface area contributed by atoms with Crippen LogP contribution in [-0.4, -0.2) is 29.8 Å². The number of hydrogen-bond donors (Lipinski definition) is 2. The van der Waals surface area contributed by atoms with Gasteiger partial charge >= 0.3 is 11.8 Å². The van der Waals surface area contributed by atoms with Gasteiger partial charge in [0.1, 0.15) is 5.76 Å². The summed E-state index contributed by atoms with van der Waals surface area (Å²) in [6.07, 6.45) is 2.57. The van der Waals surface area contributed by atoms with Gasteiger partial charge in [-0.2, -0.15) is 0 Å².